The second-order valence-corrected chi connectivity index (χ2v) is 14.1. The van der Waals surface area contributed by atoms with Gasteiger partial charge in [0.2, 0.25) is 20.0 Å². The Morgan fingerprint density at radius 2 is 1.94 bits per heavy atom. The molecular formula is C23H37N3O5S2. The second kappa shape index (κ2) is 9.45. The minimum absolute atomic E-state index is 0.0180. The van der Waals surface area contributed by atoms with E-state index < -0.39 is 25.3 Å². The van der Waals surface area contributed by atoms with Gasteiger partial charge in [0.15, 0.2) is 0 Å². The van der Waals surface area contributed by atoms with Crippen LogP contribution in [-0.2, 0) is 26.5 Å². The molecule has 0 amide bonds. The first-order valence-electron chi connectivity index (χ1n) is 11.9. The van der Waals surface area contributed by atoms with E-state index in [0.29, 0.717) is 12.5 Å². The summed E-state index contributed by atoms with van der Waals surface area (Å²) in [5, 5.41) is -0.661. The minimum atomic E-state index is -3.57. The van der Waals surface area contributed by atoms with Gasteiger partial charge < -0.3 is 4.74 Å². The Morgan fingerprint density at radius 1 is 1.18 bits per heavy atom. The number of nitrogens with zero attached hydrogens (tertiary/aromatic N) is 2. The molecule has 33 heavy (non-hydrogen) atoms. The van der Waals surface area contributed by atoms with Crippen LogP contribution in [-0.4, -0.2) is 76.9 Å². The lowest BCUT2D eigenvalue weighted by molar-refractivity contribution is 0.0214. The van der Waals surface area contributed by atoms with E-state index >= 15 is 0 Å². The molecule has 8 nitrogen and oxygen atoms in total. The van der Waals surface area contributed by atoms with Gasteiger partial charge in [-0.3, -0.25) is 4.90 Å². The zero-order valence-electron chi connectivity index (χ0n) is 20.0. The summed E-state index contributed by atoms with van der Waals surface area (Å²) in [5.41, 5.74) is 2.59. The SMILES string of the molecule is COc1ccc2c(c1)CCN1C[C@H]3CCCN(S(=O)(=O)C(C)C(C)CNS(C)(=O)=O)[C@H]3C[C@@H]21. The Labute approximate surface area is 198 Å². The first-order valence-corrected chi connectivity index (χ1v) is 15.3. The Kier molecular flexibility index (Phi) is 7.13. The molecule has 0 aliphatic carbocycles. The summed E-state index contributed by atoms with van der Waals surface area (Å²) >= 11 is 0. The van der Waals surface area contributed by atoms with Crippen LogP contribution >= 0.6 is 0 Å². The van der Waals surface area contributed by atoms with Crippen LogP contribution in [0.15, 0.2) is 18.2 Å². The Morgan fingerprint density at radius 3 is 2.64 bits per heavy atom. The highest BCUT2D eigenvalue weighted by molar-refractivity contribution is 7.89. The van der Waals surface area contributed by atoms with Crippen LogP contribution in [0, 0.1) is 11.8 Å². The van der Waals surface area contributed by atoms with Crippen LogP contribution in [0.3, 0.4) is 0 Å². The van der Waals surface area contributed by atoms with E-state index in [1.54, 1.807) is 25.3 Å². The predicted octanol–water partition coefficient (Wildman–Crippen LogP) is 1.98. The molecule has 10 heteroatoms. The normalized spacial score (nSPS) is 28.3. The highest BCUT2D eigenvalue weighted by Crippen LogP contribution is 2.44. The van der Waals surface area contributed by atoms with Crippen LogP contribution in [0.5, 0.6) is 5.75 Å². The van der Waals surface area contributed by atoms with Gasteiger partial charge in [0, 0.05) is 38.3 Å². The van der Waals surface area contributed by atoms with Gasteiger partial charge >= 0.3 is 0 Å². The molecular weight excluding hydrogens is 462 g/mol. The summed E-state index contributed by atoms with van der Waals surface area (Å²) in [7, 11) is -5.25. The zero-order valence-corrected chi connectivity index (χ0v) is 21.7. The molecule has 3 aliphatic heterocycles. The molecule has 0 bridgehead atoms. The number of nitrogens with one attached hydrogen (secondary N) is 1. The van der Waals surface area contributed by atoms with Gasteiger partial charge in [-0.15, -0.1) is 0 Å². The fourth-order valence-corrected chi connectivity index (χ4v) is 8.48. The molecule has 0 spiro atoms. The first-order chi connectivity index (χ1) is 15.5. The van der Waals surface area contributed by atoms with E-state index in [9.17, 15) is 16.8 Å². The third-order valence-electron chi connectivity index (χ3n) is 7.89. The molecule has 2 saturated heterocycles. The van der Waals surface area contributed by atoms with Crippen molar-refractivity contribution in [3.05, 3.63) is 29.3 Å². The van der Waals surface area contributed by atoms with Crippen molar-refractivity contribution in [3.8, 4) is 5.75 Å². The van der Waals surface area contributed by atoms with Gasteiger partial charge in [-0.2, -0.15) is 4.31 Å². The highest BCUT2D eigenvalue weighted by Gasteiger charge is 2.47. The number of fused-ring (bicyclic) bond motifs is 4. The third-order valence-corrected chi connectivity index (χ3v) is 11.1. The molecule has 4 rings (SSSR count). The Hall–Kier alpha value is -1.20. The zero-order chi connectivity index (χ0) is 24.0. The van der Waals surface area contributed by atoms with E-state index in [1.165, 1.54) is 11.1 Å². The summed E-state index contributed by atoms with van der Waals surface area (Å²) in [5.74, 6) is 0.873. The standard InChI is InChI=1S/C23H37N3O5S2/c1-16(14-24-32(4,27)28)17(2)33(29,30)26-10-5-6-19-15-25-11-9-18-12-20(31-3)7-8-21(18)23(25)13-22(19)26/h7-8,12,16-17,19,22-24H,5-6,9-11,13-15H2,1-4H3/t16?,17?,19-,22+,23+/m1/s1. The molecule has 3 aliphatic rings. The fourth-order valence-electron chi connectivity index (χ4n) is 5.79. The smallest absolute Gasteiger partial charge is 0.217 e. The monoisotopic (exact) mass is 499 g/mol. The van der Waals surface area contributed by atoms with E-state index in [4.69, 9.17) is 4.74 Å². The second-order valence-electron chi connectivity index (χ2n) is 9.99. The summed E-state index contributed by atoms with van der Waals surface area (Å²) in [6.07, 6.45) is 4.81. The summed E-state index contributed by atoms with van der Waals surface area (Å²) in [6.45, 7) is 6.09. The molecule has 0 aromatic heterocycles. The lowest BCUT2D eigenvalue weighted by Gasteiger charge is -2.52. The number of hydrogen-bond donors (Lipinski definition) is 1. The van der Waals surface area contributed by atoms with E-state index in [2.05, 4.69) is 21.8 Å². The van der Waals surface area contributed by atoms with Crippen LogP contribution < -0.4 is 9.46 Å². The number of rotatable bonds is 7. The largest absolute Gasteiger partial charge is 0.497 e. The predicted molar refractivity (Wildman–Crippen MR) is 129 cm³/mol. The van der Waals surface area contributed by atoms with Crippen molar-refractivity contribution in [3.63, 3.8) is 0 Å². The maximum atomic E-state index is 13.7. The molecule has 5 atom stereocenters. The maximum Gasteiger partial charge on any atom is 0.217 e. The van der Waals surface area contributed by atoms with Crippen molar-refractivity contribution in [2.24, 2.45) is 11.8 Å². The van der Waals surface area contributed by atoms with E-state index in [1.807, 2.05) is 6.07 Å². The number of methoxy groups -OCH3 is 1. The Bertz CT molecular complexity index is 1080. The molecule has 2 fully saturated rings. The van der Waals surface area contributed by atoms with Crippen molar-refractivity contribution in [2.45, 2.75) is 56.9 Å². The molecule has 186 valence electrons. The average Bonchev–Trinajstić information content (AvgIpc) is 2.79. The molecule has 1 aromatic rings. The van der Waals surface area contributed by atoms with Crippen molar-refractivity contribution in [1.82, 2.24) is 13.9 Å². The lowest BCUT2D eigenvalue weighted by atomic mass is 9.77. The van der Waals surface area contributed by atoms with Crippen molar-refractivity contribution in [1.29, 1.82) is 0 Å². The van der Waals surface area contributed by atoms with E-state index in [0.717, 1.165) is 50.8 Å². The molecule has 1 N–H and O–H groups in total. The number of ether oxygens (including phenoxy) is 1. The van der Waals surface area contributed by atoms with E-state index in [-0.39, 0.29) is 24.5 Å². The van der Waals surface area contributed by atoms with Gasteiger partial charge in [-0.05, 0) is 67.7 Å². The third kappa shape index (κ3) is 5.10. The fraction of sp³-hybridized carbons (Fsp3) is 0.739. The molecule has 3 heterocycles. The molecule has 1 aromatic carbocycles. The van der Waals surface area contributed by atoms with Crippen molar-refractivity contribution in [2.75, 3.05) is 39.5 Å². The molecule has 0 saturated carbocycles. The highest BCUT2D eigenvalue weighted by atomic mass is 32.2. The summed E-state index contributed by atoms with van der Waals surface area (Å²) < 4.78 is 60.0. The Balaban J connectivity index is 1.56. The van der Waals surface area contributed by atoms with Gasteiger partial charge in [-0.25, -0.2) is 21.6 Å². The maximum absolute atomic E-state index is 13.7. The number of piperidine rings is 2. The number of hydrogen-bond acceptors (Lipinski definition) is 6. The van der Waals surface area contributed by atoms with Crippen LogP contribution in [0.4, 0.5) is 0 Å². The quantitative estimate of drug-likeness (QED) is 0.616. The van der Waals surface area contributed by atoms with Gasteiger partial charge in [0.1, 0.15) is 5.75 Å². The summed E-state index contributed by atoms with van der Waals surface area (Å²) in [6, 6.07) is 6.47. The first kappa shape index (κ1) is 24.9. The van der Waals surface area contributed by atoms with Crippen LogP contribution in [0.25, 0.3) is 0 Å². The van der Waals surface area contributed by atoms with Gasteiger partial charge in [0.05, 0.1) is 18.6 Å². The van der Waals surface area contributed by atoms with Crippen LogP contribution in [0.1, 0.15) is 50.3 Å². The number of benzene rings is 1. The summed E-state index contributed by atoms with van der Waals surface area (Å²) in [4.78, 5) is 2.54. The van der Waals surface area contributed by atoms with Crippen molar-refractivity contribution < 1.29 is 21.6 Å². The topological polar surface area (TPSA) is 96.0 Å². The molecule has 0 radical (unpaired) electrons. The van der Waals surface area contributed by atoms with Crippen molar-refractivity contribution >= 4 is 20.0 Å². The lowest BCUT2D eigenvalue weighted by Crippen LogP contribution is -2.59. The van der Waals surface area contributed by atoms with Gasteiger partial charge in [0.25, 0.3) is 0 Å². The van der Waals surface area contributed by atoms with Crippen LogP contribution in [0.2, 0.25) is 0 Å². The minimum Gasteiger partial charge on any atom is -0.497 e. The number of sulfonamides is 2. The van der Waals surface area contributed by atoms with Gasteiger partial charge in [-0.1, -0.05) is 13.0 Å². The molecule has 2 unspecified atom stereocenters. The average molecular weight is 500 g/mol.